The summed E-state index contributed by atoms with van der Waals surface area (Å²) in [5, 5.41) is 0. The van der Waals surface area contributed by atoms with Gasteiger partial charge in [-0.25, -0.2) is 4.79 Å². The van der Waals surface area contributed by atoms with Gasteiger partial charge in [-0.05, 0) is 47.4 Å². The van der Waals surface area contributed by atoms with Crippen LogP contribution in [0, 0.1) is 5.92 Å². The third-order valence-corrected chi connectivity index (χ3v) is 8.67. The Morgan fingerprint density at radius 3 is 2.00 bits per heavy atom. The fourth-order valence-corrected chi connectivity index (χ4v) is 6.39. The SMILES string of the molecule is C=CCOC(=O)CC[C@@H](C(=O)N(C)C)N(C)C(=O)[C@H](C1CCCC1)N(C)C(=O)OCC1c2ccccc2-c2ccccc21. The molecule has 2 aromatic rings. The van der Waals surface area contributed by atoms with Crippen LogP contribution in [0.25, 0.3) is 11.1 Å². The molecule has 2 aliphatic carbocycles. The predicted molar refractivity (Wildman–Crippen MR) is 164 cm³/mol. The molecule has 9 nitrogen and oxygen atoms in total. The Hall–Kier alpha value is -4.14. The zero-order valence-corrected chi connectivity index (χ0v) is 25.7. The Balaban J connectivity index is 1.51. The topological polar surface area (TPSA) is 96.5 Å². The lowest BCUT2D eigenvalue weighted by Gasteiger charge is -2.37. The third kappa shape index (κ3) is 7.09. The van der Waals surface area contributed by atoms with Crippen LogP contribution in [0.4, 0.5) is 4.79 Å². The lowest BCUT2D eigenvalue weighted by molar-refractivity contribution is -0.149. The van der Waals surface area contributed by atoms with Gasteiger partial charge in [-0.3, -0.25) is 19.3 Å². The Labute approximate surface area is 254 Å². The fourth-order valence-electron chi connectivity index (χ4n) is 6.39. The molecule has 0 unspecified atom stereocenters. The molecule has 0 saturated heterocycles. The Kier molecular flexibility index (Phi) is 10.6. The molecule has 2 aliphatic rings. The number of nitrogens with zero attached hydrogens (tertiary/aromatic N) is 3. The number of carbonyl (C=O) groups excluding carboxylic acids is 4. The van der Waals surface area contributed by atoms with Crippen molar-refractivity contribution in [3.05, 3.63) is 72.3 Å². The molecule has 4 rings (SSSR count). The maximum atomic E-state index is 14.1. The van der Waals surface area contributed by atoms with Crippen LogP contribution in [0.5, 0.6) is 0 Å². The van der Waals surface area contributed by atoms with Crippen LogP contribution in [0.2, 0.25) is 0 Å². The number of ether oxygens (including phenoxy) is 2. The summed E-state index contributed by atoms with van der Waals surface area (Å²) in [7, 11) is 6.39. The van der Waals surface area contributed by atoms with E-state index in [0.29, 0.717) is 0 Å². The summed E-state index contributed by atoms with van der Waals surface area (Å²) in [4.78, 5) is 57.3. The van der Waals surface area contributed by atoms with Crippen LogP contribution in [-0.2, 0) is 23.9 Å². The largest absolute Gasteiger partial charge is 0.461 e. The number of fused-ring (bicyclic) bond motifs is 3. The highest BCUT2D eigenvalue weighted by Crippen LogP contribution is 2.44. The van der Waals surface area contributed by atoms with Gasteiger partial charge in [-0.1, -0.05) is 74.0 Å². The average molecular weight is 590 g/mol. The van der Waals surface area contributed by atoms with E-state index in [0.717, 1.165) is 47.9 Å². The molecule has 2 aromatic carbocycles. The lowest BCUT2D eigenvalue weighted by atomic mass is 9.94. The summed E-state index contributed by atoms with van der Waals surface area (Å²) < 4.78 is 11.0. The number of hydrogen-bond acceptors (Lipinski definition) is 6. The molecule has 230 valence electrons. The first-order valence-electron chi connectivity index (χ1n) is 15.0. The number of amides is 3. The van der Waals surface area contributed by atoms with Crippen LogP contribution in [0.3, 0.4) is 0 Å². The highest BCUT2D eigenvalue weighted by Gasteiger charge is 2.41. The van der Waals surface area contributed by atoms with Crippen molar-refractivity contribution in [2.45, 2.75) is 56.5 Å². The van der Waals surface area contributed by atoms with E-state index in [9.17, 15) is 19.2 Å². The van der Waals surface area contributed by atoms with Gasteiger partial charge in [0.05, 0.1) is 0 Å². The Bertz CT molecular complexity index is 1290. The Morgan fingerprint density at radius 1 is 0.860 bits per heavy atom. The molecular weight excluding hydrogens is 546 g/mol. The van der Waals surface area contributed by atoms with E-state index >= 15 is 0 Å². The minimum atomic E-state index is -0.890. The molecule has 3 amide bonds. The van der Waals surface area contributed by atoms with Crippen LogP contribution >= 0.6 is 0 Å². The van der Waals surface area contributed by atoms with Gasteiger partial charge in [0, 0.05) is 40.5 Å². The monoisotopic (exact) mass is 589 g/mol. The van der Waals surface area contributed by atoms with Crippen LogP contribution < -0.4 is 0 Å². The van der Waals surface area contributed by atoms with Crippen LogP contribution in [-0.4, -0.2) is 92.1 Å². The van der Waals surface area contributed by atoms with Gasteiger partial charge in [0.15, 0.2) is 0 Å². The number of benzene rings is 2. The zero-order chi connectivity index (χ0) is 31.1. The van der Waals surface area contributed by atoms with Gasteiger partial charge in [-0.2, -0.15) is 0 Å². The van der Waals surface area contributed by atoms with Gasteiger partial charge in [-0.15, -0.1) is 0 Å². The Morgan fingerprint density at radius 2 is 1.44 bits per heavy atom. The van der Waals surface area contributed by atoms with Gasteiger partial charge in [0.2, 0.25) is 11.8 Å². The number of carbonyl (C=O) groups is 4. The molecule has 43 heavy (non-hydrogen) atoms. The second-order valence-corrected chi connectivity index (χ2v) is 11.6. The van der Waals surface area contributed by atoms with Crippen molar-refractivity contribution < 1.29 is 28.7 Å². The van der Waals surface area contributed by atoms with Gasteiger partial charge in [0.1, 0.15) is 25.3 Å². The second kappa shape index (κ2) is 14.4. The van der Waals surface area contributed by atoms with E-state index in [1.807, 2.05) is 24.3 Å². The van der Waals surface area contributed by atoms with Crippen LogP contribution in [0.15, 0.2) is 61.2 Å². The van der Waals surface area contributed by atoms with E-state index < -0.39 is 24.1 Å². The molecule has 0 aliphatic heterocycles. The first-order valence-corrected chi connectivity index (χ1v) is 15.0. The van der Waals surface area contributed by atoms with Crippen molar-refractivity contribution in [3.63, 3.8) is 0 Å². The molecule has 0 radical (unpaired) electrons. The average Bonchev–Trinajstić information content (AvgIpc) is 3.65. The first-order chi connectivity index (χ1) is 20.6. The van der Waals surface area contributed by atoms with Crippen LogP contribution in [0.1, 0.15) is 55.6 Å². The lowest BCUT2D eigenvalue weighted by Crippen LogP contribution is -2.56. The van der Waals surface area contributed by atoms with E-state index in [-0.39, 0.29) is 49.7 Å². The maximum absolute atomic E-state index is 14.1. The van der Waals surface area contributed by atoms with Gasteiger partial charge < -0.3 is 19.3 Å². The van der Waals surface area contributed by atoms with E-state index in [4.69, 9.17) is 9.47 Å². The minimum absolute atomic E-state index is 0.0357. The van der Waals surface area contributed by atoms with Crippen molar-refractivity contribution in [2.75, 3.05) is 41.4 Å². The van der Waals surface area contributed by atoms with Crippen molar-refractivity contribution >= 4 is 23.9 Å². The van der Waals surface area contributed by atoms with Crippen molar-refractivity contribution in [2.24, 2.45) is 5.92 Å². The molecule has 1 saturated carbocycles. The van der Waals surface area contributed by atoms with Crippen molar-refractivity contribution in [3.8, 4) is 11.1 Å². The zero-order valence-electron chi connectivity index (χ0n) is 25.7. The number of likely N-dealkylation sites (N-methyl/N-ethyl adjacent to an activating group) is 3. The molecule has 0 spiro atoms. The quantitative estimate of drug-likeness (QED) is 0.259. The van der Waals surface area contributed by atoms with Crippen molar-refractivity contribution in [1.29, 1.82) is 0 Å². The number of esters is 1. The van der Waals surface area contributed by atoms with Crippen molar-refractivity contribution in [1.82, 2.24) is 14.7 Å². The molecule has 9 heteroatoms. The summed E-state index contributed by atoms with van der Waals surface area (Å²) in [6, 6.07) is 14.6. The predicted octanol–water partition coefficient (Wildman–Crippen LogP) is 4.85. The molecule has 1 fully saturated rings. The summed E-state index contributed by atoms with van der Waals surface area (Å²) in [5.74, 6) is -1.28. The fraction of sp³-hybridized carbons (Fsp3) is 0.471. The number of rotatable bonds is 12. The molecule has 0 bridgehead atoms. The molecular formula is C34H43N3O6. The smallest absolute Gasteiger partial charge is 0.410 e. The summed E-state index contributed by atoms with van der Waals surface area (Å²) in [6.45, 7) is 3.76. The molecule has 2 atom stereocenters. The van der Waals surface area contributed by atoms with Gasteiger partial charge >= 0.3 is 12.1 Å². The molecule has 0 heterocycles. The molecule has 0 N–H and O–H groups in total. The maximum Gasteiger partial charge on any atom is 0.410 e. The summed E-state index contributed by atoms with van der Waals surface area (Å²) in [6.07, 6.45) is 4.48. The van der Waals surface area contributed by atoms with E-state index in [1.54, 1.807) is 28.2 Å². The van der Waals surface area contributed by atoms with E-state index in [2.05, 4.69) is 30.8 Å². The first kappa shape index (κ1) is 31.8. The third-order valence-electron chi connectivity index (χ3n) is 8.67. The second-order valence-electron chi connectivity index (χ2n) is 11.6. The van der Waals surface area contributed by atoms with Gasteiger partial charge in [0.25, 0.3) is 0 Å². The highest BCUT2D eigenvalue weighted by molar-refractivity contribution is 5.91. The highest BCUT2D eigenvalue weighted by atomic mass is 16.6. The molecule has 0 aromatic heterocycles. The summed E-state index contributed by atoms with van der Waals surface area (Å²) in [5.41, 5.74) is 4.49. The normalized spacial score (nSPS) is 15.5. The van der Waals surface area contributed by atoms with E-state index in [1.165, 1.54) is 20.8 Å². The number of hydrogen-bond donors (Lipinski definition) is 0. The standard InChI is InChI=1S/C34H43N3O6/c1-6-21-42-30(38)20-19-29(32(39)35(2)3)36(4)33(40)31(23-13-7-8-14-23)37(5)34(41)43-22-28-26-17-11-9-15-24(26)25-16-10-12-18-27(25)28/h6,9-12,15-18,23,28-29,31H,1,7-8,13-14,19-22H2,2-5H3/t29-,31-/m0/s1. The summed E-state index contributed by atoms with van der Waals surface area (Å²) >= 11 is 0. The minimum Gasteiger partial charge on any atom is -0.461 e.